The third-order valence-electron chi connectivity index (χ3n) is 5.90. The molecule has 8 nitrogen and oxygen atoms in total. The van der Waals surface area contributed by atoms with E-state index >= 15 is 0 Å². The maximum atomic E-state index is 6.02. The number of aromatic nitrogens is 3. The number of rotatable bonds is 10. The number of nitrogens with one attached hydrogen (secondary N) is 2. The Morgan fingerprint density at radius 1 is 0.970 bits per heavy atom. The van der Waals surface area contributed by atoms with Crippen molar-refractivity contribution in [1.29, 1.82) is 0 Å². The molecule has 0 amide bonds. The Morgan fingerprint density at radius 2 is 1.79 bits per heavy atom. The summed E-state index contributed by atoms with van der Waals surface area (Å²) in [6, 6.07) is 10.1. The first-order valence-electron chi connectivity index (χ1n) is 11.0. The van der Waals surface area contributed by atoms with E-state index < -0.39 is 0 Å². The Morgan fingerprint density at radius 3 is 2.58 bits per heavy atom. The topological polar surface area (TPSA) is 84.5 Å². The van der Waals surface area contributed by atoms with Crippen LogP contribution in [0.4, 0.5) is 11.5 Å². The Bertz CT molecular complexity index is 1250. The number of ether oxygens (including phenoxy) is 3. The van der Waals surface area contributed by atoms with Gasteiger partial charge < -0.3 is 29.4 Å². The van der Waals surface area contributed by atoms with Crippen molar-refractivity contribution in [2.45, 2.75) is 13.8 Å². The fourth-order valence-corrected chi connectivity index (χ4v) is 3.78. The van der Waals surface area contributed by atoms with E-state index in [2.05, 4.69) is 51.1 Å². The van der Waals surface area contributed by atoms with E-state index in [-0.39, 0.29) is 0 Å². The van der Waals surface area contributed by atoms with Crippen molar-refractivity contribution in [3.63, 3.8) is 0 Å². The maximum Gasteiger partial charge on any atom is 0.163 e. The van der Waals surface area contributed by atoms with Gasteiger partial charge in [0.05, 0.1) is 19.2 Å². The van der Waals surface area contributed by atoms with Gasteiger partial charge >= 0.3 is 0 Å². The largest absolute Gasteiger partial charge is 0.493 e. The fourth-order valence-electron chi connectivity index (χ4n) is 3.78. The first-order valence-corrected chi connectivity index (χ1v) is 11.0. The summed E-state index contributed by atoms with van der Waals surface area (Å²) >= 11 is 0. The molecule has 0 aliphatic rings. The molecule has 0 radical (unpaired) electrons. The first-order chi connectivity index (χ1) is 16.0. The van der Waals surface area contributed by atoms with Gasteiger partial charge in [-0.25, -0.2) is 9.97 Å². The highest BCUT2D eigenvalue weighted by atomic mass is 16.5. The normalized spacial score (nSPS) is 11.5. The number of methoxy groups -OCH3 is 2. The molecule has 0 atom stereocenters. The predicted molar refractivity (Wildman–Crippen MR) is 132 cm³/mol. The van der Waals surface area contributed by atoms with Crippen LogP contribution < -0.4 is 14.8 Å². The van der Waals surface area contributed by atoms with Crippen LogP contribution in [0.2, 0.25) is 0 Å². The second kappa shape index (κ2) is 10.1. The van der Waals surface area contributed by atoms with Gasteiger partial charge in [0.2, 0.25) is 0 Å². The molecule has 2 aromatic carbocycles. The van der Waals surface area contributed by atoms with Crippen molar-refractivity contribution < 1.29 is 14.2 Å². The van der Waals surface area contributed by atoms with E-state index in [4.69, 9.17) is 14.2 Å². The van der Waals surface area contributed by atoms with Crippen LogP contribution in [0.1, 0.15) is 11.3 Å². The lowest BCUT2D eigenvalue weighted by Crippen LogP contribution is -2.27. The summed E-state index contributed by atoms with van der Waals surface area (Å²) in [7, 11) is 5.38. The molecule has 0 aliphatic heterocycles. The summed E-state index contributed by atoms with van der Waals surface area (Å²) < 4.78 is 16.7. The number of H-pyrrole nitrogens is 1. The van der Waals surface area contributed by atoms with Crippen LogP contribution in [0.15, 0.2) is 36.7 Å². The van der Waals surface area contributed by atoms with Gasteiger partial charge in [0.15, 0.2) is 11.5 Å². The number of hydrogen-bond acceptors (Lipinski definition) is 7. The van der Waals surface area contributed by atoms with E-state index in [0.29, 0.717) is 30.5 Å². The standard InChI is InChI=1S/C25H31N5O3/c1-16-17(2)28-21-7-6-18(12-19(16)21)29-25-20-13-23(32-5)24(14-22(20)26-15-27-25)33-11-9-30(3)8-10-31-4/h6-7,12-15,28H,8-11H2,1-5H3,(H,26,27,29). The highest BCUT2D eigenvalue weighted by Gasteiger charge is 2.13. The lowest BCUT2D eigenvalue weighted by atomic mass is 10.1. The Balaban J connectivity index is 1.57. The Labute approximate surface area is 193 Å². The zero-order chi connectivity index (χ0) is 23.4. The summed E-state index contributed by atoms with van der Waals surface area (Å²) in [4.78, 5) is 14.5. The third-order valence-corrected chi connectivity index (χ3v) is 5.90. The summed E-state index contributed by atoms with van der Waals surface area (Å²) in [5.74, 6) is 2.02. The van der Waals surface area contributed by atoms with Gasteiger partial charge in [-0.05, 0) is 50.7 Å². The van der Waals surface area contributed by atoms with E-state index in [0.717, 1.165) is 35.2 Å². The molecule has 0 unspecified atom stereocenters. The molecular formula is C25H31N5O3. The Hall–Kier alpha value is -3.36. The molecule has 4 rings (SSSR count). The molecule has 4 aromatic rings. The minimum atomic E-state index is 0.535. The number of nitrogens with zero attached hydrogens (tertiary/aromatic N) is 3. The van der Waals surface area contributed by atoms with Crippen LogP contribution in [-0.4, -0.2) is 67.4 Å². The van der Waals surface area contributed by atoms with Crippen molar-refractivity contribution in [2.24, 2.45) is 0 Å². The lowest BCUT2D eigenvalue weighted by molar-refractivity contribution is 0.149. The van der Waals surface area contributed by atoms with Gasteiger partial charge in [-0.3, -0.25) is 0 Å². The molecule has 2 N–H and O–H groups in total. The second-order valence-electron chi connectivity index (χ2n) is 8.15. The van der Waals surface area contributed by atoms with E-state index in [1.54, 1.807) is 20.5 Å². The maximum absolute atomic E-state index is 6.02. The summed E-state index contributed by atoms with van der Waals surface area (Å²) in [6.07, 6.45) is 1.56. The van der Waals surface area contributed by atoms with Gasteiger partial charge in [0.1, 0.15) is 18.8 Å². The molecule has 0 saturated carbocycles. The van der Waals surface area contributed by atoms with Crippen molar-refractivity contribution >= 4 is 33.3 Å². The smallest absolute Gasteiger partial charge is 0.163 e. The molecule has 8 heteroatoms. The number of aryl methyl sites for hydroxylation is 2. The highest BCUT2D eigenvalue weighted by Crippen LogP contribution is 2.35. The highest BCUT2D eigenvalue weighted by molar-refractivity contribution is 5.94. The van der Waals surface area contributed by atoms with Gasteiger partial charge in [0.25, 0.3) is 0 Å². The average molecular weight is 450 g/mol. The number of aromatic amines is 1. The van der Waals surface area contributed by atoms with E-state index in [1.165, 1.54) is 16.6 Å². The number of likely N-dealkylation sites (N-methyl/N-ethyl adjacent to an activating group) is 1. The number of anilines is 2. The van der Waals surface area contributed by atoms with Crippen LogP contribution in [0.3, 0.4) is 0 Å². The summed E-state index contributed by atoms with van der Waals surface area (Å²) in [6.45, 7) is 7.07. The molecule has 0 fully saturated rings. The molecule has 0 spiro atoms. The molecule has 2 heterocycles. The molecule has 0 bridgehead atoms. The summed E-state index contributed by atoms with van der Waals surface area (Å²) in [5, 5.41) is 5.50. The third kappa shape index (κ3) is 5.02. The van der Waals surface area contributed by atoms with Gasteiger partial charge in [-0.15, -0.1) is 0 Å². The van der Waals surface area contributed by atoms with Gasteiger partial charge in [-0.2, -0.15) is 0 Å². The van der Waals surface area contributed by atoms with Crippen LogP contribution in [0.25, 0.3) is 21.8 Å². The quantitative estimate of drug-likeness (QED) is 0.370. The summed E-state index contributed by atoms with van der Waals surface area (Å²) in [5.41, 5.74) is 5.29. The van der Waals surface area contributed by atoms with Crippen molar-refractivity contribution in [1.82, 2.24) is 19.9 Å². The number of hydrogen-bond donors (Lipinski definition) is 2. The van der Waals surface area contributed by atoms with Crippen LogP contribution in [-0.2, 0) is 4.74 Å². The van der Waals surface area contributed by atoms with Gasteiger partial charge in [-0.1, -0.05) is 0 Å². The van der Waals surface area contributed by atoms with E-state index in [9.17, 15) is 0 Å². The molecular weight excluding hydrogens is 418 g/mol. The molecule has 174 valence electrons. The van der Waals surface area contributed by atoms with Crippen molar-refractivity contribution in [2.75, 3.05) is 52.9 Å². The minimum absolute atomic E-state index is 0.535. The van der Waals surface area contributed by atoms with Gasteiger partial charge in [0, 0.05) is 53.9 Å². The second-order valence-corrected chi connectivity index (χ2v) is 8.15. The van der Waals surface area contributed by atoms with Crippen molar-refractivity contribution in [3.8, 4) is 11.5 Å². The average Bonchev–Trinajstić information content (AvgIpc) is 3.10. The minimum Gasteiger partial charge on any atom is -0.493 e. The van der Waals surface area contributed by atoms with E-state index in [1.807, 2.05) is 25.2 Å². The van der Waals surface area contributed by atoms with Crippen LogP contribution in [0.5, 0.6) is 11.5 Å². The predicted octanol–water partition coefficient (Wildman–Crippen LogP) is 4.44. The molecule has 0 aliphatic carbocycles. The molecule has 33 heavy (non-hydrogen) atoms. The fraction of sp³-hybridized carbons (Fsp3) is 0.360. The number of fused-ring (bicyclic) bond motifs is 2. The van der Waals surface area contributed by atoms with Crippen LogP contribution >= 0.6 is 0 Å². The molecule has 2 aromatic heterocycles. The first kappa shape index (κ1) is 22.8. The van der Waals surface area contributed by atoms with Crippen molar-refractivity contribution in [3.05, 3.63) is 47.9 Å². The molecule has 0 saturated heterocycles. The lowest BCUT2D eigenvalue weighted by Gasteiger charge is -2.18. The Kier molecular flexibility index (Phi) is 6.96. The van der Waals surface area contributed by atoms with Crippen LogP contribution in [0, 0.1) is 13.8 Å². The zero-order valence-corrected chi connectivity index (χ0v) is 19.9. The zero-order valence-electron chi connectivity index (χ0n) is 19.9. The monoisotopic (exact) mass is 449 g/mol. The SMILES string of the molecule is COCCN(C)CCOc1cc2ncnc(Nc3ccc4[nH]c(C)c(C)c4c3)c2cc1OC. The number of benzene rings is 2.